The normalized spacial score (nSPS) is 12.3. The van der Waals surface area contributed by atoms with Crippen molar-refractivity contribution in [2.75, 3.05) is 6.54 Å². The summed E-state index contributed by atoms with van der Waals surface area (Å²) in [5, 5.41) is 26.6. The minimum atomic E-state index is -0.375. The summed E-state index contributed by atoms with van der Waals surface area (Å²) in [5.41, 5.74) is 1.77. The third-order valence-corrected chi connectivity index (χ3v) is 3.07. The van der Waals surface area contributed by atoms with Gasteiger partial charge < -0.3 is 15.3 Å². The van der Waals surface area contributed by atoms with Crippen molar-refractivity contribution >= 4 is 6.21 Å². The number of pyridine rings is 1. The van der Waals surface area contributed by atoms with Gasteiger partial charge in [-0.3, -0.25) is 9.98 Å². The fourth-order valence-corrected chi connectivity index (χ4v) is 1.98. The number of aliphatic imine (C=N–C) groups is 1. The fraction of sp³-hybridized carbons (Fsp3) is 0.368. The van der Waals surface area contributed by atoms with Crippen LogP contribution >= 0.6 is 0 Å². The molecule has 0 aliphatic carbocycles. The molecule has 0 radical (unpaired) electrons. The van der Waals surface area contributed by atoms with Crippen LogP contribution in [-0.4, -0.2) is 45.3 Å². The van der Waals surface area contributed by atoms with Gasteiger partial charge >= 0.3 is 21.0 Å². The average Bonchev–Trinajstić information content (AvgIpc) is 2.62. The van der Waals surface area contributed by atoms with Crippen LogP contribution in [0.1, 0.15) is 31.5 Å². The second-order valence-corrected chi connectivity index (χ2v) is 5.60. The number of rotatable bonds is 6. The van der Waals surface area contributed by atoms with E-state index >= 15 is 0 Å². The summed E-state index contributed by atoms with van der Waals surface area (Å²) >= 11 is 1.06. The van der Waals surface area contributed by atoms with E-state index in [0.717, 1.165) is 35.0 Å². The first kappa shape index (κ1) is 24.1. The molecule has 0 aliphatic heterocycles. The zero-order valence-corrected chi connectivity index (χ0v) is 16.5. The van der Waals surface area contributed by atoms with E-state index in [4.69, 9.17) is 13.9 Å². The maximum atomic E-state index is 9.52. The van der Waals surface area contributed by atoms with Crippen molar-refractivity contribution in [3.05, 3.63) is 59.9 Å². The van der Waals surface area contributed by atoms with Crippen LogP contribution in [-0.2, 0) is 27.5 Å². The van der Waals surface area contributed by atoms with Gasteiger partial charge in [0.2, 0.25) is 0 Å². The van der Waals surface area contributed by atoms with E-state index in [0.29, 0.717) is 13.0 Å². The van der Waals surface area contributed by atoms with Gasteiger partial charge in [0.05, 0.1) is 12.2 Å². The Kier molecular flexibility index (Phi) is 14.3. The van der Waals surface area contributed by atoms with Crippen molar-refractivity contribution in [3.63, 3.8) is 0 Å². The molecular weight excluding hydrogens is 371 g/mol. The van der Waals surface area contributed by atoms with Crippen LogP contribution in [0.5, 0.6) is 5.75 Å². The molecule has 6 nitrogen and oxygen atoms in total. The Morgan fingerprint density at radius 3 is 2.19 bits per heavy atom. The van der Waals surface area contributed by atoms with E-state index in [2.05, 4.69) is 9.98 Å². The van der Waals surface area contributed by atoms with E-state index in [1.807, 2.05) is 30.3 Å². The number of aliphatic hydroxyl groups excluding tert-OH is 2. The molecule has 0 aliphatic rings. The van der Waals surface area contributed by atoms with Crippen LogP contribution in [0.2, 0.25) is 0 Å². The number of hydrogen-bond donors (Lipinski definition) is 3. The Bertz CT molecular complexity index is 616. The van der Waals surface area contributed by atoms with Crippen molar-refractivity contribution in [1.29, 1.82) is 0 Å². The van der Waals surface area contributed by atoms with Gasteiger partial charge in [-0.2, -0.15) is 0 Å². The molecule has 7 heteroatoms. The summed E-state index contributed by atoms with van der Waals surface area (Å²) in [7, 11) is 0. The molecule has 1 heterocycles. The Labute approximate surface area is 163 Å². The first-order chi connectivity index (χ1) is 12.5. The van der Waals surface area contributed by atoms with E-state index < -0.39 is 0 Å². The first-order valence-corrected chi connectivity index (χ1v) is 8.78. The van der Waals surface area contributed by atoms with Gasteiger partial charge in [0, 0.05) is 36.6 Å². The fourth-order valence-electron chi connectivity index (χ4n) is 1.98. The number of aromatic hydroxyl groups is 1. The van der Waals surface area contributed by atoms with Gasteiger partial charge in [0.15, 0.2) is 0 Å². The third-order valence-electron chi connectivity index (χ3n) is 3.07. The maximum absolute atomic E-state index is 9.52. The van der Waals surface area contributed by atoms with Gasteiger partial charge in [-0.1, -0.05) is 18.2 Å². The van der Waals surface area contributed by atoms with Gasteiger partial charge in [-0.25, -0.2) is 0 Å². The molecule has 0 bridgehead atoms. The van der Waals surface area contributed by atoms with Crippen LogP contribution < -0.4 is 0 Å². The zero-order chi connectivity index (χ0) is 19.8. The minimum absolute atomic E-state index is 0.258. The molecule has 0 fully saturated rings. The molecule has 0 saturated carbocycles. The van der Waals surface area contributed by atoms with Crippen molar-refractivity contribution in [2.45, 2.75) is 38.9 Å². The molecule has 2 unspecified atom stereocenters. The molecule has 2 atom stereocenters. The van der Waals surface area contributed by atoms with E-state index in [1.165, 1.54) is 0 Å². The third kappa shape index (κ3) is 12.5. The van der Waals surface area contributed by atoms with E-state index in [-0.39, 0.29) is 18.0 Å². The van der Waals surface area contributed by atoms with Gasteiger partial charge in [-0.15, -0.1) is 0 Å². The predicted octanol–water partition coefficient (Wildman–Crippen LogP) is 2.47. The van der Waals surface area contributed by atoms with E-state index in [1.54, 1.807) is 38.4 Å². The molecule has 0 spiro atoms. The summed E-state index contributed by atoms with van der Waals surface area (Å²) in [6.45, 7) is 3.99. The Morgan fingerprint density at radius 2 is 1.69 bits per heavy atom. The Balaban J connectivity index is 0.000000589. The molecular formula is C19H26N2O4V. The number of hydrogen-bond acceptors (Lipinski definition) is 6. The van der Waals surface area contributed by atoms with Crippen LogP contribution in [0.3, 0.4) is 0 Å². The Morgan fingerprint density at radius 1 is 1.08 bits per heavy atom. The summed E-state index contributed by atoms with van der Waals surface area (Å²) < 4.78 is 8.19. The molecule has 0 amide bonds. The first-order valence-electron chi connectivity index (χ1n) is 8.21. The molecule has 1 aromatic carbocycles. The van der Waals surface area contributed by atoms with Crippen molar-refractivity contribution in [1.82, 2.24) is 4.98 Å². The quantitative estimate of drug-likeness (QED) is 0.650. The molecule has 141 valence electrons. The number of benzene rings is 1. The predicted molar refractivity (Wildman–Crippen MR) is 97.2 cm³/mol. The van der Waals surface area contributed by atoms with Gasteiger partial charge in [-0.05, 0) is 44.5 Å². The summed E-state index contributed by atoms with van der Waals surface area (Å²) in [4.78, 5) is 8.49. The molecule has 2 aromatic rings. The van der Waals surface area contributed by atoms with E-state index in [9.17, 15) is 5.11 Å². The number of nitrogens with zero attached hydrogens (tertiary/aromatic N) is 2. The topological polar surface area (TPSA) is 103 Å². The van der Waals surface area contributed by atoms with Crippen LogP contribution in [0.4, 0.5) is 0 Å². The molecule has 2 rings (SSSR count). The average molecular weight is 397 g/mol. The molecule has 1 aromatic heterocycles. The molecule has 0 saturated heterocycles. The molecule has 26 heavy (non-hydrogen) atoms. The summed E-state index contributed by atoms with van der Waals surface area (Å²) in [5.74, 6) is 0.258. The number of aromatic nitrogens is 1. The monoisotopic (exact) mass is 397 g/mol. The van der Waals surface area contributed by atoms with Crippen LogP contribution in [0.15, 0.2) is 53.7 Å². The van der Waals surface area contributed by atoms with Crippen molar-refractivity contribution in [3.8, 4) is 5.75 Å². The number of phenols is 1. The van der Waals surface area contributed by atoms with Gasteiger partial charge in [0.1, 0.15) is 5.75 Å². The second-order valence-electron chi connectivity index (χ2n) is 5.60. The van der Waals surface area contributed by atoms with Gasteiger partial charge in [0.25, 0.3) is 0 Å². The molecule has 3 N–H and O–H groups in total. The van der Waals surface area contributed by atoms with Crippen molar-refractivity contribution in [2.24, 2.45) is 4.99 Å². The zero-order valence-electron chi connectivity index (χ0n) is 15.1. The summed E-state index contributed by atoms with van der Waals surface area (Å²) in [6, 6.07) is 13.0. The van der Waals surface area contributed by atoms with Crippen LogP contribution in [0, 0.1) is 0 Å². The van der Waals surface area contributed by atoms with Crippen LogP contribution in [0.25, 0.3) is 0 Å². The summed E-state index contributed by atoms with van der Waals surface area (Å²) in [6.07, 6.45) is 4.01. The number of phenolic OH excluding ortho intramolecular Hbond substituents is 1. The standard InChI is InChI=1S/C14H14N2O.C5H12O2.O.V/c17-14-7-2-1-5-12(14)11-15-10-8-13-6-3-4-9-16-13;1-4(6)3-5(2)7;;/h1-7,9,11,17H,8,10H2;4-7H,3H2,1-2H3;;. The number of para-hydroxylation sites is 1. The van der Waals surface area contributed by atoms with Crippen molar-refractivity contribution < 1.29 is 36.4 Å². The second kappa shape index (κ2) is 15.4. The SMILES string of the molecule is CC(O)CC(C)O.Oc1ccccc1C=NCCc1ccccn1.[O]=[V]. The Hall–Kier alpha value is -1.86. The number of aliphatic hydroxyl groups is 2.